The highest BCUT2D eigenvalue weighted by molar-refractivity contribution is 5.65. The van der Waals surface area contributed by atoms with E-state index in [1.54, 1.807) is 6.20 Å². The highest BCUT2D eigenvalue weighted by atomic mass is 15.3. The second-order valence-electron chi connectivity index (χ2n) is 5.73. The van der Waals surface area contributed by atoms with Crippen LogP contribution in [0.25, 0.3) is 0 Å². The molecule has 5 nitrogen and oxygen atoms in total. The summed E-state index contributed by atoms with van der Waals surface area (Å²) in [5.41, 5.74) is 4.81. The number of hydrogen-bond donors (Lipinski definition) is 1. The average molecular weight is 283 g/mol. The predicted octanol–water partition coefficient (Wildman–Crippen LogP) is 3.14. The molecule has 3 rings (SSSR count). The van der Waals surface area contributed by atoms with E-state index in [2.05, 4.69) is 58.3 Å². The molecule has 1 aromatic heterocycles. The van der Waals surface area contributed by atoms with Crippen molar-refractivity contribution >= 4 is 17.5 Å². The Hall–Kier alpha value is -2.17. The first-order valence-corrected chi connectivity index (χ1v) is 7.43. The SMILES string of the molecule is Cc1cc(C)c(Nc2cnnc(N3CCCC3)n2)c(C)c1. The van der Waals surface area contributed by atoms with Crippen LogP contribution in [-0.4, -0.2) is 28.3 Å². The summed E-state index contributed by atoms with van der Waals surface area (Å²) in [6.45, 7) is 8.37. The maximum absolute atomic E-state index is 4.60. The molecular formula is C16H21N5. The zero-order valence-electron chi connectivity index (χ0n) is 12.8. The maximum Gasteiger partial charge on any atom is 0.247 e. The van der Waals surface area contributed by atoms with Crippen LogP contribution in [-0.2, 0) is 0 Å². The number of aryl methyl sites for hydroxylation is 3. The van der Waals surface area contributed by atoms with Gasteiger partial charge in [-0.25, -0.2) is 0 Å². The Morgan fingerprint density at radius 3 is 2.38 bits per heavy atom. The fraction of sp³-hybridized carbons (Fsp3) is 0.438. The van der Waals surface area contributed by atoms with Crippen LogP contribution in [0.5, 0.6) is 0 Å². The summed E-state index contributed by atoms with van der Waals surface area (Å²) >= 11 is 0. The number of hydrogen-bond acceptors (Lipinski definition) is 5. The van der Waals surface area contributed by atoms with Crippen molar-refractivity contribution < 1.29 is 0 Å². The van der Waals surface area contributed by atoms with Gasteiger partial charge in [0.2, 0.25) is 5.95 Å². The van der Waals surface area contributed by atoms with E-state index in [9.17, 15) is 0 Å². The van der Waals surface area contributed by atoms with Crippen LogP contribution in [0.15, 0.2) is 18.3 Å². The Kier molecular flexibility index (Phi) is 3.73. The van der Waals surface area contributed by atoms with Gasteiger partial charge in [-0.2, -0.15) is 10.1 Å². The average Bonchev–Trinajstić information content (AvgIpc) is 2.97. The molecular weight excluding hydrogens is 262 g/mol. The van der Waals surface area contributed by atoms with Crippen molar-refractivity contribution in [1.82, 2.24) is 15.2 Å². The summed E-state index contributed by atoms with van der Waals surface area (Å²) in [5.74, 6) is 1.47. The van der Waals surface area contributed by atoms with Crippen molar-refractivity contribution in [2.45, 2.75) is 33.6 Å². The topological polar surface area (TPSA) is 53.9 Å². The standard InChI is InChI=1S/C16H21N5/c1-11-8-12(2)15(13(3)9-11)18-14-10-17-20-16(19-14)21-6-4-5-7-21/h8-10H,4-7H2,1-3H3,(H,18,19,20). The highest BCUT2D eigenvalue weighted by Gasteiger charge is 2.16. The fourth-order valence-electron chi connectivity index (χ4n) is 2.91. The van der Waals surface area contributed by atoms with Crippen LogP contribution in [0.1, 0.15) is 29.5 Å². The number of benzene rings is 1. The molecule has 1 aliphatic rings. The molecule has 21 heavy (non-hydrogen) atoms. The van der Waals surface area contributed by atoms with Gasteiger partial charge in [-0.15, -0.1) is 5.10 Å². The molecule has 0 unspecified atom stereocenters. The Labute approximate surface area is 125 Å². The zero-order chi connectivity index (χ0) is 14.8. The largest absolute Gasteiger partial charge is 0.339 e. The number of nitrogens with zero attached hydrogens (tertiary/aromatic N) is 4. The van der Waals surface area contributed by atoms with Crippen molar-refractivity contribution in [3.05, 3.63) is 35.0 Å². The van der Waals surface area contributed by atoms with Crippen molar-refractivity contribution in [2.24, 2.45) is 0 Å². The summed E-state index contributed by atoms with van der Waals surface area (Å²) in [7, 11) is 0. The van der Waals surface area contributed by atoms with Gasteiger partial charge in [-0.1, -0.05) is 17.7 Å². The fourth-order valence-corrected chi connectivity index (χ4v) is 2.91. The van der Waals surface area contributed by atoms with Crippen molar-refractivity contribution in [3.63, 3.8) is 0 Å². The van der Waals surface area contributed by atoms with Gasteiger partial charge >= 0.3 is 0 Å². The Morgan fingerprint density at radius 1 is 1.05 bits per heavy atom. The van der Waals surface area contributed by atoms with Gasteiger partial charge in [0.25, 0.3) is 0 Å². The molecule has 0 radical (unpaired) electrons. The molecule has 0 saturated carbocycles. The van der Waals surface area contributed by atoms with E-state index in [0.29, 0.717) is 0 Å². The first-order chi connectivity index (χ1) is 10.1. The molecule has 1 aliphatic heterocycles. The highest BCUT2D eigenvalue weighted by Crippen LogP contribution is 2.25. The monoisotopic (exact) mass is 283 g/mol. The molecule has 110 valence electrons. The minimum Gasteiger partial charge on any atom is -0.339 e. The lowest BCUT2D eigenvalue weighted by Crippen LogP contribution is -2.21. The van der Waals surface area contributed by atoms with Gasteiger partial charge in [0.15, 0.2) is 5.82 Å². The normalized spacial score (nSPS) is 14.5. The molecule has 2 aromatic rings. The Balaban J connectivity index is 1.86. The molecule has 0 atom stereocenters. The first kappa shape index (κ1) is 13.8. The minimum atomic E-state index is 0.722. The first-order valence-electron chi connectivity index (χ1n) is 7.43. The van der Waals surface area contributed by atoms with E-state index in [1.807, 2.05) is 0 Å². The van der Waals surface area contributed by atoms with Gasteiger partial charge in [0.1, 0.15) is 0 Å². The van der Waals surface area contributed by atoms with Crippen LogP contribution in [0.4, 0.5) is 17.5 Å². The number of aromatic nitrogens is 3. The van der Waals surface area contributed by atoms with Crippen LogP contribution in [0.3, 0.4) is 0 Å². The quantitative estimate of drug-likeness (QED) is 0.938. The molecule has 5 heteroatoms. The van der Waals surface area contributed by atoms with E-state index in [4.69, 9.17) is 0 Å². The van der Waals surface area contributed by atoms with Gasteiger partial charge in [-0.3, -0.25) is 0 Å². The van der Waals surface area contributed by atoms with Crippen molar-refractivity contribution in [1.29, 1.82) is 0 Å². The molecule has 0 bridgehead atoms. The molecule has 2 heterocycles. The molecule has 0 amide bonds. The Bertz CT molecular complexity index is 624. The van der Waals surface area contributed by atoms with E-state index in [0.717, 1.165) is 30.5 Å². The lowest BCUT2D eigenvalue weighted by molar-refractivity contribution is 0.852. The molecule has 1 aromatic carbocycles. The van der Waals surface area contributed by atoms with Crippen LogP contribution in [0, 0.1) is 20.8 Å². The smallest absolute Gasteiger partial charge is 0.247 e. The summed E-state index contributed by atoms with van der Waals surface area (Å²) in [6.07, 6.45) is 4.09. The summed E-state index contributed by atoms with van der Waals surface area (Å²) in [4.78, 5) is 6.78. The van der Waals surface area contributed by atoms with E-state index < -0.39 is 0 Å². The predicted molar refractivity (Wildman–Crippen MR) is 85.2 cm³/mol. The number of nitrogens with one attached hydrogen (secondary N) is 1. The van der Waals surface area contributed by atoms with Crippen LogP contribution < -0.4 is 10.2 Å². The second-order valence-corrected chi connectivity index (χ2v) is 5.73. The van der Waals surface area contributed by atoms with E-state index >= 15 is 0 Å². The van der Waals surface area contributed by atoms with Gasteiger partial charge in [0, 0.05) is 18.8 Å². The summed E-state index contributed by atoms with van der Waals surface area (Å²) in [5, 5.41) is 11.6. The molecule has 1 saturated heterocycles. The third kappa shape index (κ3) is 2.96. The van der Waals surface area contributed by atoms with Crippen LogP contribution >= 0.6 is 0 Å². The van der Waals surface area contributed by atoms with E-state index in [-0.39, 0.29) is 0 Å². The number of anilines is 3. The lowest BCUT2D eigenvalue weighted by atomic mass is 10.1. The zero-order valence-corrected chi connectivity index (χ0v) is 12.8. The van der Waals surface area contributed by atoms with Gasteiger partial charge < -0.3 is 10.2 Å². The summed E-state index contributed by atoms with van der Waals surface area (Å²) < 4.78 is 0. The second kappa shape index (κ2) is 5.68. The molecule has 0 spiro atoms. The Morgan fingerprint density at radius 2 is 1.71 bits per heavy atom. The van der Waals surface area contributed by atoms with Crippen molar-refractivity contribution in [3.8, 4) is 0 Å². The minimum absolute atomic E-state index is 0.722. The third-order valence-corrected chi connectivity index (χ3v) is 3.87. The van der Waals surface area contributed by atoms with Crippen LogP contribution in [0.2, 0.25) is 0 Å². The molecule has 1 fully saturated rings. The van der Waals surface area contributed by atoms with Gasteiger partial charge in [0.05, 0.1) is 6.20 Å². The van der Waals surface area contributed by atoms with Crippen molar-refractivity contribution in [2.75, 3.05) is 23.3 Å². The third-order valence-electron chi connectivity index (χ3n) is 3.87. The maximum atomic E-state index is 4.60. The molecule has 0 aliphatic carbocycles. The molecule has 1 N–H and O–H groups in total. The lowest BCUT2D eigenvalue weighted by Gasteiger charge is -2.16. The van der Waals surface area contributed by atoms with E-state index in [1.165, 1.54) is 29.5 Å². The summed E-state index contributed by atoms with van der Waals surface area (Å²) in [6, 6.07) is 4.34. The van der Waals surface area contributed by atoms with Gasteiger partial charge in [-0.05, 0) is 44.7 Å². The number of rotatable bonds is 3.